The predicted molar refractivity (Wildman–Crippen MR) is 96.5 cm³/mol. The number of carboxylic acids is 1. The van der Waals surface area contributed by atoms with Gasteiger partial charge in [-0.3, -0.25) is 30.1 Å². The Morgan fingerprint density at radius 3 is 1.81 bits per heavy atom. The van der Waals surface area contributed by atoms with E-state index < -0.39 is 37.8 Å². The van der Waals surface area contributed by atoms with Crippen LogP contribution in [0.4, 0.5) is 0 Å². The first-order valence-electron chi connectivity index (χ1n) is 7.96. The Balaban J connectivity index is 4.57. The molecule has 0 aromatic heterocycles. The van der Waals surface area contributed by atoms with E-state index in [1.165, 1.54) is 18.5 Å². The average Bonchev–Trinajstić information content (AvgIpc) is 2.56. The summed E-state index contributed by atoms with van der Waals surface area (Å²) in [4.78, 5) is 46.7. The van der Waals surface area contributed by atoms with Crippen molar-refractivity contribution in [2.24, 2.45) is 0 Å². The molecule has 13 nitrogen and oxygen atoms in total. The van der Waals surface area contributed by atoms with Crippen LogP contribution in [-0.2, 0) is 19.2 Å². The molecule has 0 unspecified atom stereocenters. The number of hydrogen-bond donors (Lipinski definition) is 8. The molecule has 27 heavy (non-hydrogen) atoms. The van der Waals surface area contributed by atoms with Gasteiger partial charge in [0.05, 0.1) is 13.1 Å². The zero-order valence-corrected chi connectivity index (χ0v) is 15.1. The number of carbonyl (C=O) groups excluding carboxylic acids is 3. The molecular weight excluding hydrogens is 362 g/mol. The third-order valence-corrected chi connectivity index (χ3v) is 2.68. The lowest BCUT2D eigenvalue weighted by Gasteiger charge is -2.21. The highest BCUT2D eigenvalue weighted by atomic mass is 16.4. The van der Waals surface area contributed by atoms with Gasteiger partial charge in [-0.05, 0) is 13.6 Å². The van der Waals surface area contributed by atoms with Gasteiger partial charge in [-0.25, -0.2) is 15.5 Å². The smallest absolute Gasteiger partial charge is 0.392 e. The lowest BCUT2D eigenvalue weighted by molar-refractivity contribution is -0.132. The van der Waals surface area contributed by atoms with Crippen molar-refractivity contribution >= 4 is 37.8 Å². The van der Waals surface area contributed by atoms with Crippen molar-refractivity contribution in [2.75, 3.05) is 26.2 Å². The minimum absolute atomic E-state index is 0.0387. The lowest BCUT2D eigenvalue weighted by atomic mass is 9.91. The first-order chi connectivity index (χ1) is 12.6. The van der Waals surface area contributed by atoms with E-state index in [0.29, 0.717) is 6.08 Å². The summed E-state index contributed by atoms with van der Waals surface area (Å²) in [6, 6.07) is 0. The molecule has 0 fully saturated rings. The molecule has 0 aromatic carbocycles. The first kappa shape index (κ1) is 24.5. The van der Waals surface area contributed by atoms with Gasteiger partial charge in [-0.15, -0.1) is 0 Å². The van der Waals surface area contributed by atoms with Gasteiger partial charge in [0.1, 0.15) is 0 Å². The molecule has 8 N–H and O–H groups in total. The zero-order chi connectivity index (χ0) is 20.8. The maximum absolute atomic E-state index is 11.8. The summed E-state index contributed by atoms with van der Waals surface area (Å²) < 4.78 is 0. The molecule has 0 spiro atoms. The molecular formula is C12H24B2N6O7. The van der Waals surface area contributed by atoms with Crippen molar-refractivity contribution in [3.8, 4) is 0 Å². The van der Waals surface area contributed by atoms with E-state index in [9.17, 15) is 19.2 Å². The Morgan fingerprint density at radius 1 is 0.926 bits per heavy atom. The number of carboxylic acid groups (broad SMARTS) is 1. The van der Waals surface area contributed by atoms with E-state index >= 15 is 0 Å². The maximum atomic E-state index is 11.8. The lowest BCUT2D eigenvalue weighted by Crippen LogP contribution is -2.53. The zero-order valence-electron chi connectivity index (χ0n) is 15.1. The van der Waals surface area contributed by atoms with E-state index in [-0.39, 0.29) is 26.2 Å². The molecule has 0 aromatic rings. The fourth-order valence-corrected chi connectivity index (χ4v) is 1.61. The summed E-state index contributed by atoms with van der Waals surface area (Å²) in [5.74, 6) is -2.98. The molecule has 0 aliphatic heterocycles. The molecule has 15 heteroatoms. The second-order valence-corrected chi connectivity index (χ2v) is 5.41. The molecule has 0 aliphatic rings. The fourth-order valence-electron chi connectivity index (χ4n) is 1.61. The quantitative estimate of drug-likeness (QED) is 0.0869. The average molecular weight is 386 g/mol. The van der Waals surface area contributed by atoms with Gasteiger partial charge in [0.25, 0.3) is 0 Å². The summed E-state index contributed by atoms with van der Waals surface area (Å²) in [6.07, 6.45) is 1.52. The predicted octanol–water partition coefficient (Wildman–Crippen LogP) is -4.49. The highest BCUT2D eigenvalue weighted by Gasteiger charge is 2.16. The van der Waals surface area contributed by atoms with Gasteiger partial charge in [0.2, 0.25) is 17.7 Å². The summed E-state index contributed by atoms with van der Waals surface area (Å²) in [7, 11) is -1.94. The van der Waals surface area contributed by atoms with Crippen LogP contribution >= 0.6 is 0 Å². The Kier molecular flexibility index (Phi) is 12.5. The largest absolute Gasteiger partial charge is 0.478 e. The van der Waals surface area contributed by atoms with Gasteiger partial charge < -0.3 is 20.5 Å². The number of rotatable bonds is 13. The van der Waals surface area contributed by atoms with Gasteiger partial charge in [-0.2, -0.15) is 0 Å². The van der Waals surface area contributed by atoms with Crippen LogP contribution in [0.1, 0.15) is 0 Å². The Bertz CT molecular complexity index is 520. The van der Waals surface area contributed by atoms with Crippen LogP contribution in [0.2, 0.25) is 13.6 Å². The molecule has 0 rings (SSSR count). The third kappa shape index (κ3) is 15.5. The molecule has 0 saturated carbocycles. The van der Waals surface area contributed by atoms with Gasteiger partial charge >= 0.3 is 20.1 Å². The number of nitrogens with zero attached hydrogens (tertiary/aromatic N) is 1. The normalized spacial score (nSPS) is 10.6. The number of carbonyl (C=O) groups is 4. The SMILES string of the molecule is CB(O)NNC(=O)CN(CCNC(=O)/C=C\C(=O)O)CC(=O)NNB(C)O. The van der Waals surface area contributed by atoms with Crippen molar-refractivity contribution in [2.45, 2.75) is 13.6 Å². The van der Waals surface area contributed by atoms with Crippen LogP contribution < -0.4 is 26.8 Å². The third-order valence-electron chi connectivity index (χ3n) is 2.68. The van der Waals surface area contributed by atoms with Crippen LogP contribution in [0.25, 0.3) is 0 Å². The summed E-state index contributed by atoms with van der Waals surface area (Å²) in [5.41, 5.74) is 4.47. The number of amides is 3. The molecule has 0 bridgehead atoms. The number of aliphatic carboxylic acids is 1. The van der Waals surface area contributed by atoms with Crippen molar-refractivity contribution in [3.63, 3.8) is 0 Å². The standard InChI is InChI=1S/C12H24B2N6O7/c1-13(26)18-16-10(22)7-20(8-11(23)17-19-14(2)27)6-5-15-9(21)3-4-12(24)25/h3-4,18-19,26-27H,5-8H2,1-2H3,(H,15,21)(H,16,22)(H,17,23)(H,24,25)/b4-3-. The summed E-state index contributed by atoms with van der Waals surface area (Å²) >= 11 is 0. The Labute approximate surface area is 156 Å². The molecule has 150 valence electrons. The minimum atomic E-state index is -1.27. The number of nitrogens with one attached hydrogen (secondary N) is 5. The van der Waals surface area contributed by atoms with Crippen molar-refractivity contribution in [1.82, 2.24) is 31.7 Å². The van der Waals surface area contributed by atoms with Crippen LogP contribution in [0.3, 0.4) is 0 Å². The van der Waals surface area contributed by atoms with Crippen LogP contribution in [-0.4, -0.2) is 84.0 Å². The molecule has 0 aliphatic carbocycles. The topological polar surface area (TPSA) is 192 Å². The summed E-state index contributed by atoms with van der Waals surface area (Å²) in [5, 5.41) is 33.6. The number of hydrazine groups is 2. The molecule has 3 amide bonds. The maximum Gasteiger partial charge on any atom is 0.392 e. The van der Waals surface area contributed by atoms with E-state index in [0.717, 1.165) is 6.08 Å². The Morgan fingerprint density at radius 2 is 1.41 bits per heavy atom. The number of hydrogen-bond acceptors (Lipinski definition) is 9. The van der Waals surface area contributed by atoms with Gasteiger partial charge in [0, 0.05) is 25.2 Å². The second-order valence-electron chi connectivity index (χ2n) is 5.41. The van der Waals surface area contributed by atoms with E-state index in [1.807, 2.05) is 0 Å². The monoisotopic (exact) mass is 386 g/mol. The van der Waals surface area contributed by atoms with Crippen molar-refractivity contribution in [1.29, 1.82) is 0 Å². The van der Waals surface area contributed by atoms with Crippen molar-refractivity contribution < 1.29 is 34.3 Å². The highest BCUT2D eigenvalue weighted by Crippen LogP contribution is 1.88. The van der Waals surface area contributed by atoms with Crippen LogP contribution in [0.15, 0.2) is 12.2 Å². The van der Waals surface area contributed by atoms with Crippen molar-refractivity contribution in [3.05, 3.63) is 12.2 Å². The second kappa shape index (κ2) is 13.7. The van der Waals surface area contributed by atoms with E-state index in [4.69, 9.17) is 15.2 Å². The first-order valence-corrected chi connectivity index (χ1v) is 7.96. The van der Waals surface area contributed by atoms with Crippen LogP contribution in [0.5, 0.6) is 0 Å². The van der Waals surface area contributed by atoms with Gasteiger partial charge in [-0.1, -0.05) is 0 Å². The highest BCUT2D eigenvalue weighted by molar-refractivity contribution is 6.45. The fraction of sp³-hybridized carbons (Fsp3) is 0.500. The molecule has 0 atom stereocenters. The molecule has 0 radical (unpaired) electrons. The molecule has 0 saturated heterocycles. The minimum Gasteiger partial charge on any atom is -0.478 e. The van der Waals surface area contributed by atoms with Crippen LogP contribution in [0, 0.1) is 0 Å². The van der Waals surface area contributed by atoms with Gasteiger partial charge in [0.15, 0.2) is 0 Å². The Hall–Kier alpha value is -2.45. The summed E-state index contributed by atoms with van der Waals surface area (Å²) in [6.45, 7) is 2.46. The molecule has 0 heterocycles. The van der Waals surface area contributed by atoms with E-state index in [1.54, 1.807) is 0 Å². The van der Waals surface area contributed by atoms with E-state index in [2.05, 4.69) is 26.8 Å².